The Morgan fingerprint density at radius 2 is 2.16 bits per heavy atom. The highest BCUT2D eigenvalue weighted by Gasteiger charge is 2.39. The molecule has 1 N–H and O–H groups in total. The summed E-state index contributed by atoms with van der Waals surface area (Å²) in [5, 5.41) is 12.0. The lowest BCUT2D eigenvalue weighted by Gasteiger charge is -2.16. The van der Waals surface area contributed by atoms with Crippen molar-refractivity contribution in [1.82, 2.24) is 14.7 Å². The van der Waals surface area contributed by atoms with Crippen LogP contribution in [-0.4, -0.2) is 45.9 Å². The molecule has 1 heterocycles. The first-order valence-electron chi connectivity index (χ1n) is 5.82. The number of nitrogens with zero attached hydrogens (tertiary/aromatic N) is 3. The van der Waals surface area contributed by atoms with Crippen LogP contribution >= 0.6 is 0 Å². The number of carbonyl (C=O) groups is 1. The van der Waals surface area contributed by atoms with Crippen molar-refractivity contribution >= 4 is 5.91 Å². The molecule has 1 amide bonds. The molecule has 1 aromatic heterocycles. The molecule has 0 radical (unpaired) electrons. The molecule has 5 nitrogen and oxygen atoms in total. The van der Waals surface area contributed by atoms with Crippen molar-refractivity contribution in [1.29, 1.82) is 0 Å². The Morgan fingerprint density at radius 1 is 1.53 bits per heavy atom. The van der Waals surface area contributed by atoms with Crippen LogP contribution in [0.4, 0.5) is 13.2 Å². The van der Waals surface area contributed by atoms with Crippen LogP contribution in [0.3, 0.4) is 0 Å². The average molecular weight is 279 g/mol. The number of aliphatic hydroxyl groups is 1. The van der Waals surface area contributed by atoms with Gasteiger partial charge in [0.25, 0.3) is 5.91 Å². The van der Waals surface area contributed by atoms with Gasteiger partial charge in [0.1, 0.15) is 0 Å². The first-order chi connectivity index (χ1) is 8.81. The van der Waals surface area contributed by atoms with Gasteiger partial charge in [-0.1, -0.05) is 0 Å². The van der Waals surface area contributed by atoms with Gasteiger partial charge >= 0.3 is 6.18 Å². The Balaban J connectivity index is 3.04. The molecule has 1 aromatic rings. The fourth-order valence-electron chi connectivity index (χ4n) is 1.56. The van der Waals surface area contributed by atoms with Crippen molar-refractivity contribution in [2.24, 2.45) is 0 Å². The third-order valence-corrected chi connectivity index (χ3v) is 2.58. The maximum atomic E-state index is 12.8. The van der Waals surface area contributed by atoms with Gasteiger partial charge in [-0.25, -0.2) is 0 Å². The van der Waals surface area contributed by atoms with Crippen molar-refractivity contribution in [3.63, 3.8) is 0 Å². The van der Waals surface area contributed by atoms with E-state index in [4.69, 9.17) is 5.11 Å². The number of alkyl halides is 3. The molecule has 0 aliphatic carbocycles. The number of aryl methyl sites for hydroxylation is 1. The molecule has 1 rings (SSSR count). The Kier molecular flexibility index (Phi) is 4.93. The van der Waals surface area contributed by atoms with E-state index in [-0.39, 0.29) is 19.7 Å². The van der Waals surface area contributed by atoms with Crippen molar-refractivity contribution < 1.29 is 23.1 Å². The van der Waals surface area contributed by atoms with E-state index >= 15 is 0 Å². The molecule has 0 saturated heterocycles. The van der Waals surface area contributed by atoms with Crippen LogP contribution < -0.4 is 0 Å². The van der Waals surface area contributed by atoms with Gasteiger partial charge in [0.15, 0.2) is 5.69 Å². The highest BCUT2D eigenvalue weighted by atomic mass is 19.4. The SMILES string of the molecule is CCn1cc(C(=O)N(C)CCCO)c(C(F)(F)F)n1. The Labute approximate surface area is 108 Å². The summed E-state index contributed by atoms with van der Waals surface area (Å²) in [6, 6.07) is 0. The molecule has 0 unspecified atom stereocenters. The first kappa shape index (κ1) is 15.5. The van der Waals surface area contributed by atoms with E-state index in [1.165, 1.54) is 7.05 Å². The van der Waals surface area contributed by atoms with Gasteiger partial charge in [-0.3, -0.25) is 9.48 Å². The molecular weight excluding hydrogens is 263 g/mol. The molecule has 0 aliphatic heterocycles. The minimum Gasteiger partial charge on any atom is -0.396 e. The molecule has 8 heteroatoms. The highest BCUT2D eigenvalue weighted by Crippen LogP contribution is 2.31. The second-order valence-corrected chi connectivity index (χ2v) is 4.05. The molecule has 108 valence electrons. The number of carbonyl (C=O) groups excluding carboxylic acids is 1. The zero-order valence-electron chi connectivity index (χ0n) is 10.7. The molecule has 0 saturated carbocycles. The van der Waals surface area contributed by atoms with Crippen molar-refractivity contribution in [3.05, 3.63) is 17.5 Å². The molecule has 0 atom stereocenters. The average Bonchev–Trinajstić information content (AvgIpc) is 2.78. The van der Waals surface area contributed by atoms with Crippen molar-refractivity contribution in [3.8, 4) is 0 Å². The van der Waals surface area contributed by atoms with Gasteiger partial charge in [-0.2, -0.15) is 18.3 Å². The minimum atomic E-state index is -4.66. The fourth-order valence-corrected chi connectivity index (χ4v) is 1.56. The smallest absolute Gasteiger partial charge is 0.396 e. The molecule has 0 aromatic carbocycles. The quantitative estimate of drug-likeness (QED) is 0.885. The zero-order valence-corrected chi connectivity index (χ0v) is 10.7. The number of amides is 1. The van der Waals surface area contributed by atoms with Gasteiger partial charge in [0.2, 0.25) is 0 Å². The summed E-state index contributed by atoms with van der Waals surface area (Å²) in [6.45, 7) is 1.94. The van der Waals surface area contributed by atoms with Crippen molar-refractivity contribution in [2.75, 3.05) is 20.2 Å². The van der Waals surface area contributed by atoms with E-state index in [9.17, 15) is 18.0 Å². The topological polar surface area (TPSA) is 58.4 Å². The molecule has 0 bridgehead atoms. The Hall–Kier alpha value is -1.57. The molecular formula is C11H16F3N3O2. The number of aliphatic hydroxyl groups excluding tert-OH is 1. The largest absolute Gasteiger partial charge is 0.435 e. The Morgan fingerprint density at radius 3 is 2.63 bits per heavy atom. The summed E-state index contributed by atoms with van der Waals surface area (Å²) in [5.74, 6) is -0.750. The van der Waals surface area contributed by atoms with E-state index in [2.05, 4.69) is 5.10 Å². The van der Waals surface area contributed by atoms with E-state index in [0.29, 0.717) is 6.42 Å². The van der Waals surface area contributed by atoms with Gasteiger partial charge in [-0.05, 0) is 13.3 Å². The molecule has 19 heavy (non-hydrogen) atoms. The number of halogens is 3. The van der Waals surface area contributed by atoms with Gasteiger partial charge in [0.05, 0.1) is 5.56 Å². The maximum Gasteiger partial charge on any atom is 0.435 e. The highest BCUT2D eigenvalue weighted by molar-refractivity contribution is 5.95. The number of aromatic nitrogens is 2. The molecule has 0 aliphatic rings. The van der Waals surface area contributed by atoms with E-state index < -0.39 is 23.3 Å². The van der Waals surface area contributed by atoms with Crippen molar-refractivity contribution in [2.45, 2.75) is 26.1 Å². The summed E-state index contributed by atoms with van der Waals surface area (Å²) >= 11 is 0. The second-order valence-electron chi connectivity index (χ2n) is 4.05. The molecule has 0 fully saturated rings. The van der Waals surface area contributed by atoms with Crippen LogP contribution in [0.25, 0.3) is 0 Å². The normalized spacial score (nSPS) is 11.7. The molecule has 0 spiro atoms. The minimum absolute atomic E-state index is 0.127. The fraction of sp³-hybridized carbons (Fsp3) is 0.636. The van der Waals surface area contributed by atoms with Crippen LogP contribution in [0.1, 0.15) is 29.4 Å². The predicted molar refractivity (Wildman–Crippen MR) is 61.6 cm³/mol. The standard InChI is InChI=1S/C11H16F3N3O2/c1-3-17-7-8(9(15-17)11(12,13)14)10(19)16(2)5-4-6-18/h7,18H,3-6H2,1-2H3. The van der Waals surface area contributed by atoms with Crippen LogP contribution in [-0.2, 0) is 12.7 Å². The lowest BCUT2D eigenvalue weighted by atomic mass is 10.2. The second kappa shape index (κ2) is 6.05. The lowest BCUT2D eigenvalue weighted by Crippen LogP contribution is -2.29. The van der Waals surface area contributed by atoms with Crippen LogP contribution in [0, 0.1) is 0 Å². The third-order valence-electron chi connectivity index (χ3n) is 2.58. The number of hydrogen-bond donors (Lipinski definition) is 1. The number of hydrogen-bond acceptors (Lipinski definition) is 3. The first-order valence-corrected chi connectivity index (χ1v) is 5.82. The maximum absolute atomic E-state index is 12.8. The third kappa shape index (κ3) is 3.69. The van der Waals surface area contributed by atoms with E-state index in [1.54, 1.807) is 6.92 Å². The zero-order chi connectivity index (χ0) is 14.6. The summed E-state index contributed by atoms with van der Waals surface area (Å²) < 4.78 is 39.4. The summed E-state index contributed by atoms with van der Waals surface area (Å²) in [7, 11) is 1.39. The van der Waals surface area contributed by atoms with E-state index in [1.807, 2.05) is 0 Å². The summed E-state index contributed by atoms with van der Waals surface area (Å²) in [4.78, 5) is 13.1. The number of rotatable bonds is 5. The van der Waals surface area contributed by atoms with Gasteiger partial charge in [0, 0.05) is 32.9 Å². The van der Waals surface area contributed by atoms with E-state index in [0.717, 1.165) is 15.8 Å². The lowest BCUT2D eigenvalue weighted by molar-refractivity contribution is -0.141. The Bertz CT molecular complexity index is 443. The van der Waals surface area contributed by atoms with Gasteiger partial charge < -0.3 is 10.0 Å². The van der Waals surface area contributed by atoms with Gasteiger partial charge in [-0.15, -0.1) is 0 Å². The monoisotopic (exact) mass is 279 g/mol. The van der Waals surface area contributed by atoms with Crippen LogP contribution in [0.2, 0.25) is 0 Å². The predicted octanol–water partition coefficient (Wildman–Crippen LogP) is 1.38. The van der Waals surface area contributed by atoms with Crippen LogP contribution in [0.15, 0.2) is 6.20 Å². The van der Waals surface area contributed by atoms with Crippen LogP contribution in [0.5, 0.6) is 0 Å². The summed E-state index contributed by atoms with van der Waals surface area (Å²) in [6.07, 6.45) is -3.25. The summed E-state index contributed by atoms with van der Waals surface area (Å²) in [5.41, 5.74) is -1.63.